The predicted molar refractivity (Wildman–Crippen MR) is 91.2 cm³/mol. The lowest BCUT2D eigenvalue weighted by molar-refractivity contribution is -0.132. The number of carboxylic acid groups (broad SMARTS) is 1. The van der Waals surface area contributed by atoms with Crippen LogP contribution < -0.4 is 0 Å². The zero-order valence-electron chi connectivity index (χ0n) is 13.7. The molecule has 0 aromatic carbocycles. The lowest BCUT2D eigenvalue weighted by Gasteiger charge is -2.31. The van der Waals surface area contributed by atoms with Gasteiger partial charge in [-0.1, -0.05) is 6.58 Å². The van der Waals surface area contributed by atoms with E-state index in [-0.39, 0.29) is 17.5 Å². The SMILES string of the molecule is C=C1C=C(C(=O)O)C=C(C(=O)N2CCC[C@@H]2c2nc(C)cs2)N1C. The van der Waals surface area contributed by atoms with Gasteiger partial charge in [0.05, 0.1) is 11.6 Å². The van der Waals surface area contributed by atoms with Gasteiger partial charge < -0.3 is 14.9 Å². The molecule has 0 unspecified atom stereocenters. The van der Waals surface area contributed by atoms with Crippen molar-refractivity contribution in [3.8, 4) is 0 Å². The van der Waals surface area contributed by atoms with Gasteiger partial charge in [0, 0.05) is 30.4 Å². The molecule has 0 spiro atoms. The molecular formula is C17H19N3O3S. The second kappa shape index (κ2) is 6.24. The molecule has 0 saturated carbocycles. The van der Waals surface area contributed by atoms with Crippen molar-refractivity contribution in [2.75, 3.05) is 13.6 Å². The molecule has 7 heteroatoms. The van der Waals surface area contributed by atoms with Crippen LogP contribution in [0.25, 0.3) is 0 Å². The average molecular weight is 345 g/mol. The predicted octanol–water partition coefficient (Wildman–Crippen LogP) is 2.47. The van der Waals surface area contributed by atoms with Crippen LogP contribution >= 0.6 is 11.3 Å². The van der Waals surface area contributed by atoms with Gasteiger partial charge in [-0.15, -0.1) is 11.3 Å². The van der Waals surface area contributed by atoms with E-state index in [9.17, 15) is 14.7 Å². The Hall–Kier alpha value is -2.41. The maximum atomic E-state index is 13.0. The molecule has 0 bridgehead atoms. The smallest absolute Gasteiger partial charge is 0.335 e. The molecule has 6 nitrogen and oxygen atoms in total. The van der Waals surface area contributed by atoms with Crippen molar-refractivity contribution in [3.63, 3.8) is 0 Å². The number of likely N-dealkylation sites (N-methyl/N-ethyl adjacent to an activating group) is 1. The summed E-state index contributed by atoms with van der Waals surface area (Å²) in [5.41, 5.74) is 1.84. The lowest BCUT2D eigenvalue weighted by atomic mass is 10.1. The van der Waals surface area contributed by atoms with Gasteiger partial charge in [-0.05, 0) is 31.9 Å². The van der Waals surface area contributed by atoms with Crippen molar-refractivity contribution in [3.05, 3.63) is 51.8 Å². The number of rotatable bonds is 3. The summed E-state index contributed by atoms with van der Waals surface area (Å²) in [6.07, 6.45) is 4.67. The zero-order chi connectivity index (χ0) is 17.4. The molecule has 1 N–H and O–H groups in total. The molecule has 0 aliphatic carbocycles. The Bertz CT molecular complexity index is 778. The Morgan fingerprint density at radius 1 is 1.42 bits per heavy atom. The Morgan fingerprint density at radius 2 is 2.17 bits per heavy atom. The maximum Gasteiger partial charge on any atom is 0.335 e. The van der Waals surface area contributed by atoms with E-state index in [4.69, 9.17) is 0 Å². The fraction of sp³-hybridized carbons (Fsp3) is 0.353. The fourth-order valence-corrected chi connectivity index (χ4v) is 3.93. The van der Waals surface area contributed by atoms with Gasteiger partial charge >= 0.3 is 5.97 Å². The van der Waals surface area contributed by atoms with Crippen LogP contribution in [0.15, 0.2) is 41.1 Å². The van der Waals surface area contributed by atoms with E-state index in [1.54, 1.807) is 28.2 Å². The number of carbonyl (C=O) groups excluding carboxylic acids is 1. The Labute approximate surface area is 144 Å². The number of carbonyl (C=O) groups is 2. The van der Waals surface area contributed by atoms with Crippen molar-refractivity contribution in [2.24, 2.45) is 0 Å². The molecule has 126 valence electrons. The van der Waals surface area contributed by atoms with Crippen LogP contribution in [0, 0.1) is 6.92 Å². The van der Waals surface area contributed by atoms with E-state index < -0.39 is 5.97 Å². The zero-order valence-corrected chi connectivity index (χ0v) is 14.5. The molecule has 0 radical (unpaired) electrons. The van der Waals surface area contributed by atoms with Gasteiger partial charge in [0.15, 0.2) is 0 Å². The van der Waals surface area contributed by atoms with E-state index in [2.05, 4.69) is 11.6 Å². The number of aromatic nitrogens is 1. The number of amides is 1. The first kappa shape index (κ1) is 16.4. The molecule has 3 heterocycles. The Kier molecular flexibility index (Phi) is 4.28. The monoisotopic (exact) mass is 345 g/mol. The third-order valence-corrected chi connectivity index (χ3v) is 5.37. The standard InChI is InChI=1S/C17H19N3O3S/c1-10-9-24-15(18-10)13-5-4-6-20(13)16(21)14-8-12(17(22)23)7-11(2)19(14)3/h7-9,13H,2,4-6H2,1,3H3,(H,22,23)/t13-/m1/s1. The van der Waals surface area contributed by atoms with Crippen molar-refractivity contribution in [1.29, 1.82) is 0 Å². The van der Waals surface area contributed by atoms with Gasteiger partial charge in [-0.25, -0.2) is 9.78 Å². The van der Waals surface area contributed by atoms with Crippen molar-refractivity contribution >= 4 is 23.2 Å². The van der Waals surface area contributed by atoms with Crippen molar-refractivity contribution < 1.29 is 14.7 Å². The second-order valence-corrected chi connectivity index (χ2v) is 6.86. The molecule has 1 fully saturated rings. The summed E-state index contributed by atoms with van der Waals surface area (Å²) in [5.74, 6) is -1.25. The van der Waals surface area contributed by atoms with Crippen LogP contribution in [0.5, 0.6) is 0 Å². The first-order chi connectivity index (χ1) is 11.4. The molecule has 1 amide bonds. The van der Waals surface area contributed by atoms with E-state index in [0.717, 1.165) is 23.5 Å². The first-order valence-electron chi connectivity index (χ1n) is 7.71. The number of hydrogen-bond donors (Lipinski definition) is 1. The molecule has 1 atom stereocenters. The summed E-state index contributed by atoms with van der Waals surface area (Å²) < 4.78 is 0. The quantitative estimate of drug-likeness (QED) is 0.911. The third kappa shape index (κ3) is 2.87. The number of nitrogens with zero attached hydrogens (tertiary/aromatic N) is 3. The van der Waals surface area contributed by atoms with Crippen LogP contribution in [-0.4, -0.2) is 45.4 Å². The lowest BCUT2D eigenvalue weighted by Crippen LogP contribution is -2.37. The summed E-state index contributed by atoms with van der Waals surface area (Å²) >= 11 is 1.56. The fourth-order valence-electron chi connectivity index (χ4n) is 2.98. The van der Waals surface area contributed by atoms with E-state index >= 15 is 0 Å². The van der Waals surface area contributed by atoms with Crippen LogP contribution in [0.2, 0.25) is 0 Å². The highest BCUT2D eigenvalue weighted by atomic mass is 32.1. The van der Waals surface area contributed by atoms with E-state index in [1.165, 1.54) is 12.2 Å². The largest absolute Gasteiger partial charge is 0.478 e. The molecule has 2 aliphatic rings. The molecule has 2 aliphatic heterocycles. The highest BCUT2D eigenvalue weighted by Gasteiger charge is 2.35. The van der Waals surface area contributed by atoms with Gasteiger partial charge in [0.1, 0.15) is 10.7 Å². The molecule has 3 rings (SSSR count). The first-order valence-corrected chi connectivity index (χ1v) is 8.58. The van der Waals surface area contributed by atoms with Gasteiger partial charge in [-0.2, -0.15) is 0 Å². The average Bonchev–Trinajstić information content (AvgIpc) is 3.17. The number of allylic oxidation sites excluding steroid dienone is 1. The highest BCUT2D eigenvalue weighted by Crippen LogP contribution is 2.35. The highest BCUT2D eigenvalue weighted by molar-refractivity contribution is 7.09. The van der Waals surface area contributed by atoms with Crippen LogP contribution in [0.4, 0.5) is 0 Å². The number of aryl methyl sites for hydroxylation is 1. The van der Waals surface area contributed by atoms with Crippen LogP contribution in [-0.2, 0) is 9.59 Å². The number of aliphatic carboxylic acids is 1. The Balaban J connectivity index is 1.91. The Morgan fingerprint density at radius 3 is 2.79 bits per heavy atom. The number of thiazole rings is 1. The summed E-state index contributed by atoms with van der Waals surface area (Å²) in [7, 11) is 1.72. The summed E-state index contributed by atoms with van der Waals surface area (Å²) in [4.78, 5) is 32.3. The third-order valence-electron chi connectivity index (χ3n) is 4.31. The van der Waals surface area contributed by atoms with Crippen LogP contribution in [0.1, 0.15) is 29.6 Å². The summed E-state index contributed by atoms with van der Waals surface area (Å²) in [6, 6.07) is -0.0436. The normalized spacial score (nSPS) is 20.9. The molecule has 1 aromatic rings. The minimum atomic E-state index is -1.07. The topological polar surface area (TPSA) is 73.7 Å². The second-order valence-electron chi connectivity index (χ2n) is 5.97. The number of hydrogen-bond acceptors (Lipinski definition) is 5. The minimum absolute atomic E-state index is 0.0436. The van der Waals surface area contributed by atoms with Gasteiger partial charge in [-0.3, -0.25) is 4.79 Å². The van der Waals surface area contributed by atoms with E-state index in [0.29, 0.717) is 17.9 Å². The van der Waals surface area contributed by atoms with Gasteiger partial charge in [0.25, 0.3) is 5.91 Å². The van der Waals surface area contributed by atoms with Gasteiger partial charge in [0.2, 0.25) is 0 Å². The summed E-state index contributed by atoms with van der Waals surface area (Å²) in [6.45, 7) is 6.41. The van der Waals surface area contributed by atoms with E-state index in [1.807, 2.05) is 12.3 Å². The molecule has 24 heavy (non-hydrogen) atoms. The molecule has 1 saturated heterocycles. The van der Waals surface area contributed by atoms with Crippen LogP contribution in [0.3, 0.4) is 0 Å². The molecular weight excluding hydrogens is 326 g/mol. The van der Waals surface area contributed by atoms with Crippen molar-refractivity contribution in [2.45, 2.75) is 25.8 Å². The van der Waals surface area contributed by atoms with Crippen molar-refractivity contribution in [1.82, 2.24) is 14.8 Å². The maximum absolute atomic E-state index is 13.0. The number of carboxylic acids is 1. The molecule has 1 aromatic heterocycles. The minimum Gasteiger partial charge on any atom is -0.478 e. The summed E-state index contributed by atoms with van der Waals surface area (Å²) in [5, 5.41) is 12.2. The number of likely N-dealkylation sites (tertiary alicyclic amines) is 1.